The van der Waals surface area contributed by atoms with Crippen LogP contribution in [0.3, 0.4) is 0 Å². The van der Waals surface area contributed by atoms with E-state index in [1.807, 2.05) is 6.20 Å². The number of rotatable bonds is 5. The van der Waals surface area contributed by atoms with E-state index in [1.165, 1.54) is 0 Å². The average molecular weight is 307 g/mol. The summed E-state index contributed by atoms with van der Waals surface area (Å²) in [5.41, 5.74) is 0.495. The zero-order valence-corrected chi connectivity index (χ0v) is 13.1. The maximum atomic E-state index is 12.0. The topological polar surface area (TPSA) is 57.8 Å². The third-order valence-corrected chi connectivity index (χ3v) is 4.03. The Balaban J connectivity index is 1.95. The van der Waals surface area contributed by atoms with Gasteiger partial charge in [-0.05, 0) is 18.1 Å². The van der Waals surface area contributed by atoms with Crippen LogP contribution in [0.25, 0.3) is 0 Å². The number of hydrogen-bond acceptors (Lipinski definition) is 4. The average Bonchev–Trinajstić information content (AvgIpc) is 2.83. The lowest BCUT2D eigenvalue weighted by atomic mass is 10.1. The molecule has 2 aromatic heterocycles. The van der Waals surface area contributed by atoms with Crippen molar-refractivity contribution in [2.24, 2.45) is 5.92 Å². The molecule has 0 aliphatic rings. The van der Waals surface area contributed by atoms with Crippen molar-refractivity contribution in [1.82, 2.24) is 15.3 Å². The first-order chi connectivity index (χ1) is 9.56. The van der Waals surface area contributed by atoms with E-state index in [4.69, 9.17) is 12.2 Å². The number of H-pyrrole nitrogens is 1. The highest BCUT2D eigenvalue weighted by molar-refractivity contribution is 7.71. The van der Waals surface area contributed by atoms with Gasteiger partial charge in [-0.1, -0.05) is 26.1 Å². The number of aromatic amines is 1. The molecule has 0 spiro atoms. The van der Waals surface area contributed by atoms with E-state index in [0.29, 0.717) is 22.7 Å². The van der Waals surface area contributed by atoms with E-state index in [-0.39, 0.29) is 5.91 Å². The molecule has 106 valence electrons. The number of aromatic nitrogens is 2. The van der Waals surface area contributed by atoms with Crippen LogP contribution in [0.5, 0.6) is 0 Å². The molecule has 4 nitrogen and oxygen atoms in total. The number of nitrogens with zero attached hydrogens (tertiary/aromatic N) is 1. The molecule has 0 aliphatic heterocycles. The van der Waals surface area contributed by atoms with Crippen molar-refractivity contribution in [3.63, 3.8) is 0 Å². The van der Waals surface area contributed by atoms with E-state index >= 15 is 0 Å². The van der Waals surface area contributed by atoms with E-state index in [1.54, 1.807) is 29.7 Å². The molecule has 0 aromatic carbocycles. The predicted molar refractivity (Wildman–Crippen MR) is 83.5 cm³/mol. The summed E-state index contributed by atoms with van der Waals surface area (Å²) in [6.45, 7) is 4.82. The number of carbonyl (C=O) groups is 1. The Morgan fingerprint density at radius 3 is 3.05 bits per heavy atom. The first-order valence-electron chi connectivity index (χ1n) is 6.45. The van der Waals surface area contributed by atoms with Gasteiger partial charge in [-0.15, -0.1) is 11.3 Å². The molecule has 0 fully saturated rings. The molecule has 0 unspecified atom stereocenters. The third-order valence-electron chi connectivity index (χ3n) is 2.67. The molecule has 2 rings (SSSR count). The monoisotopic (exact) mass is 307 g/mol. The minimum absolute atomic E-state index is 0.161. The molecule has 0 radical (unpaired) electrons. The zero-order valence-electron chi connectivity index (χ0n) is 11.5. The van der Waals surface area contributed by atoms with Crippen molar-refractivity contribution >= 4 is 29.5 Å². The van der Waals surface area contributed by atoms with E-state index in [2.05, 4.69) is 29.1 Å². The lowest BCUT2D eigenvalue weighted by Gasteiger charge is -2.03. The predicted octanol–water partition coefficient (Wildman–Crippen LogP) is 3.33. The largest absolute Gasteiger partial charge is 0.352 e. The summed E-state index contributed by atoms with van der Waals surface area (Å²) in [4.78, 5) is 20.3. The third kappa shape index (κ3) is 3.98. The van der Waals surface area contributed by atoms with Crippen LogP contribution in [0, 0.1) is 10.6 Å². The minimum Gasteiger partial charge on any atom is -0.352 e. The molecular weight excluding hydrogens is 290 g/mol. The van der Waals surface area contributed by atoms with Crippen molar-refractivity contribution in [3.05, 3.63) is 44.6 Å². The highest BCUT2D eigenvalue weighted by atomic mass is 32.1. The van der Waals surface area contributed by atoms with Gasteiger partial charge >= 0.3 is 0 Å². The molecule has 2 N–H and O–H groups in total. The van der Waals surface area contributed by atoms with Gasteiger partial charge in [0.15, 0.2) is 0 Å². The van der Waals surface area contributed by atoms with Crippen LogP contribution in [-0.4, -0.2) is 15.9 Å². The summed E-state index contributed by atoms with van der Waals surface area (Å²) in [5, 5.41) is 3.98. The summed E-state index contributed by atoms with van der Waals surface area (Å²) in [5.74, 6) is 0.428. The van der Waals surface area contributed by atoms with Crippen molar-refractivity contribution in [2.45, 2.75) is 26.8 Å². The van der Waals surface area contributed by atoms with E-state index < -0.39 is 0 Å². The van der Waals surface area contributed by atoms with Gasteiger partial charge in [0.1, 0.15) is 4.64 Å². The van der Waals surface area contributed by atoms with Gasteiger partial charge in [-0.2, -0.15) is 0 Å². The summed E-state index contributed by atoms with van der Waals surface area (Å²) in [6, 6.07) is 3.48. The molecule has 0 aliphatic carbocycles. The fourth-order valence-corrected chi connectivity index (χ4v) is 3.04. The second-order valence-corrected chi connectivity index (χ2v) is 6.52. The summed E-state index contributed by atoms with van der Waals surface area (Å²) in [6.07, 6.45) is 4.51. The molecule has 0 saturated heterocycles. The van der Waals surface area contributed by atoms with Crippen molar-refractivity contribution in [3.8, 4) is 0 Å². The summed E-state index contributed by atoms with van der Waals surface area (Å²) in [7, 11) is 0. The fraction of sp³-hybridized carbons (Fsp3) is 0.357. The maximum Gasteiger partial charge on any atom is 0.254 e. The fourth-order valence-electron chi connectivity index (χ4n) is 1.74. The second-order valence-electron chi connectivity index (χ2n) is 4.91. The Bertz CT molecular complexity index is 646. The molecule has 0 saturated carbocycles. The van der Waals surface area contributed by atoms with Gasteiger partial charge in [-0.3, -0.25) is 4.79 Å². The Hall–Kier alpha value is -1.53. The molecule has 2 heterocycles. The molecular formula is C14H17N3OS2. The Labute approximate surface area is 127 Å². The van der Waals surface area contributed by atoms with Gasteiger partial charge in [0.05, 0.1) is 17.1 Å². The molecule has 20 heavy (non-hydrogen) atoms. The standard InChI is InChI=1S/C14H17N3OS2/c1-9(2)6-12-16-7-10(20-12)8-17-13(18)11-4-3-5-15-14(11)19/h3-5,7,9H,6,8H2,1-2H3,(H,15,19)(H,17,18). The molecule has 0 bridgehead atoms. The number of thiazole rings is 1. The number of carbonyl (C=O) groups excluding carboxylic acids is 1. The van der Waals surface area contributed by atoms with Crippen LogP contribution < -0.4 is 5.32 Å². The number of pyridine rings is 1. The smallest absolute Gasteiger partial charge is 0.254 e. The van der Waals surface area contributed by atoms with Crippen LogP contribution >= 0.6 is 23.6 Å². The highest BCUT2D eigenvalue weighted by Crippen LogP contribution is 2.16. The van der Waals surface area contributed by atoms with Crippen LogP contribution in [-0.2, 0) is 13.0 Å². The number of hydrogen-bond donors (Lipinski definition) is 2. The second kappa shape index (κ2) is 6.76. The zero-order chi connectivity index (χ0) is 14.5. The Kier molecular flexibility index (Phi) is 5.03. The van der Waals surface area contributed by atoms with Gasteiger partial charge in [-0.25, -0.2) is 4.98 Å². The molecule has 6 heteroatoms. The van der Waals surface area contributed by atoms with Crippen LogP contribution in [0.1, 0.15) is 34.1 Å². The SMILES string of the molecule is CC(C)Cc1ncc(CNC(=O)c2ccc[nH]c2=S)s1. The maximum absolute atomic E-state index is 12.0. The van der Waals surface area contributed by atoms with Crippen molar-refractivity contribution in [1.29, 1.82) is 0 Å². The molecule has 0 atom stereocenters. The van der Waals surface area contributed by atoms with Gasteiger partial charge in [0.2, 0.25) is 0 Å². The van der Waals surface area contributed by atoms with Crippen LogP contribution in [0.2, 0.25) is 0 Å². The number of amides is 1. The first-order valence-corrected chi connectivity index (χ1v) is 7.68. The van der Waals surface area contributed by atoms with Gasteiger partial charge in [0.25, 0.3) is 5.91 Å². The minimum atomic E-state index is -0.161. The van der Waals surface area contributed by atoms with Crippen molar-refractivity contribution in [2.75, 3.05) is 0 Å². The lowest BCUT2D eigenvalue weighted by molar-refractivity contribution is 0.0950. The summed E-state index contributed by atoms with van der Waals surface area (Å²) < 4.78 is 0.454. The van der Waals surface area contributed by atoms with Gasteiger partial charge in [0, 0.05) is 23.7 Å². The Morgan fingerprint density at radius 2 is 2.35 bits per heavy atom. The summed E-state index contributed by atoms with van der Waals surface area (Å²) >= 11 is 6.73. The van der Waals surface area contributed by atoms with Gasteiger partial charge < -0.3 is 10.3 Å². The van der Waals surface area contributed by atoms with E-state index in [9.17, 15) is 4.79 Å². The quantitative estimate of drug-likeness (QED) is 0.833. The van der Waals surface area contributed by atoms with Crippen LogP contribution in [0.4, 0.5) is 0 Å². The number of nitrogens with one attached hydrogen (secondary N) is 2. The normalized spacial score (nSPS) is 10.8. The highest BCUT2D eigenvalue weighted by Gasteiger charge is 2.09. The lowest BCUT2D eigenvalue weighted by Crippen LogP contribution is -2.22. The van der Waals surface area contributed by atoms with E-state index in [0.717, 1.165) is 16.3 Å². The van der Waals surface area contributed by atoms with Crippen molar-refractivity contribution < 1.29 is 4.79 Å². The Morgan fingerprint density at radius 1 is 1.55 bits per heavy atom. The molecule has 2 aromatic rings. The first kappa shape index (κ1) is 14.9. The van der Waals surface area contributed by atoms with Crippen LogP contribution in [0.15, 0.2) is 24.5 Å². The molecule has 1 amide bonds.